The first-order valence-electron chi connectivity index (χ1n) is 15.6. The molecule has 9 heteroatoms. The fourth-order valence-corrected chi connectivity index (χ4v) is 5.92. The van der Waals surface area contributed by atoms with Crippen LogP contribution < -0.4 is 10.2 Å². The van der Waals surface area contributed by atoms with E-state index in [0.717, 1.165) is 68.5 Å². The van der Waals surface area contributed by atoms with Crippen LogP contribution in [-0.2, 0) is 11.3 Å². The van der Waals surface area contributed by atoms with Crippen molar-refractivity contribution in [3.8, 4) is 11.1 Å². The lowest BCUT2D eigenvalue weighted by atomic mass is 9.90. The summed E-state index contributed by atoms with van der Waals surface area (Å²) in [6.07, 6.45) is 5.97. The Morgan fingerprint density at radius 2 is 1.68 bits per heavy atom. The van der Waals surface area contributed by atoms with Crippen molar-refractivity contribution in [2.45, 2.75) is 57.7 Å². The van der Waals surface area contributed by atoms with E-state index in [9.17, 15) is 14.0 Å². The molecule has 44 heavy (non-hydrogen) atoms. The molecule has 8 nitrogen and oxygen atoms in total. The van der Waals surface area contributed by atoms with Crippen LogP contribution in [0.4, 0.5) is 15.9 Å². The summed E-state index contributed by atoms with van der Waals surface area (Å²) in [6, 6.07) is 17.9. The van der Waals surface area contributed by atoms with Gasteiger partial charge in [-0.1, -0.05) is 43.3 Å². The summed E-state index contributed by atoms with van der Waals surface area (Å²) in [6.45, 7) is 6.28. The van der Waals surface area contributed by atoms with Crippen LogP contribution in [0.5, 0.6) is 0 Å². The van der Waals surface area contributed by atoms with Crippen molar-refractivity contribution < 1.29 is 14.0 Å². The smallest absolute Gasteiger partial charge is 0.264 e. The predicted octanol–water partition coefficient (Wildman–Crippen LogP) is 5.56. The van der Waals surface area contributed by atoms with Crippen molar-refractivity contribution >= 4 is 23.8 Å². The molecule has 1 fully saturated rings. The van der Waals surface area contributed by atoms with Gasteiger partial charge >= 0.3 is 0 Å². The second-order valence-electron chi connectivity index (χ2n) is 11.9. The van der Waals surface area contributed by atoms with Gasteiger partial charge in [-0.3, -0.25) is 14.5 Å². The van der Waals surface area contributed by atoms with E-state index in [1.807, 2.05) is 31.3 Å². The summed E-state index contributed by atoms with van der Waals surface area (Å²) >= 11 is 0. The number of hydrogen-bond donors (Lipinski definition) is 1. The molecule has 2 aromatic carbocycles. The number of benzene rings is 2. The lowest BCUT2D eigenvalue weighted by Crippen LogP contribution is -2.44. The summed E-state index contributed by atoms with van der Waals surface area (Å²) in [5.41, 5.74) is 4.21. The second-order valence-corrected chi connectivity index (χ2v) is 11.9. The zero-order valence-electron chi connectivity index (χ0n) is 26.8. The number of halogens is 1. The van der Waals surface area contributed by atoms with Gasteiger partial charge in [-0.05, 0) is 108 Å². The largest absolute Gasteiger partial charge is 0.329 e. The number of pyridine rings is 1. The summed E-state index contributed by atoms with van der Waals surface area (Å²) in [4.78, 5) is 37.8. The number of carbonyl (C=O) groups is 2. The second kappa shape index (κ2) is 15.9. The maximum absolute atomic E-state index is 14.4. The molecule has 1 N–H and O–H groups in total. The third-order valence-electron chi connectivity index (χ3n) is 8.82. The molecule has 1 aromatic heterocycles. The summed E-state index contributed by atoms with van der Waals surface area (Å²) < 4.78 is 14.4. The Labute approximate surface area is 261 Å². The van der Waals surface area contributed by atoms with Crippen LogP contribution in [0, 0.1) is 5.82 Å². The number of nitrogens with zero attached hydrogens (tertiary/aromatic N) is 5. The van der Waals surface area contributed by atoms with E-state index in [1.165, 1.54) is 16.5 Å². The van der Waals surface area contributed by atoms with Gasteiger partial charge in [-0.2, -0.15) is 0 Å². The molecule has 0 saturated heterocycles. The van der Waals surface area contributed by atoms with Gasteiger partial charge in [0.1, 0.15) is 11.6 Å². The lowest BCUT2D eigenvalue weighted by molar-refractivity contribution is -0.118. The predicted molar refractivity (Wildman–Crippen MR) is 176 cm³/mol. The van der Waals surface area contributed by atoms with Crippen LogP contribution >= 0.6 is 0 Å². The Bertz CT molecular complexity index is 1380. The third-order valence-corrected chi connectivity index (χ3v) is 8.82. The maximum Gasteiger partial charge on any atom is 0.264 e. The molecule has 1 aliphatic carbocycles. The molecule has 0 radical (unpaired) electrons. The molecule has 0 unspecified atom stereocenters. The molecular weight excluding hydrogens is 555 g/mol. The minimum absolute atomic E-state index is 0.0653. The normalized spacial score (nSPS) is 16.7. The van der Waals surface area contributed by atoms with Gasteiger partial charge in [0.15, 0.2) is 0 Å². The molecule has 1 saturated carbocycles. The highest BCUT2D eigenvalue weighted by Crippen LogP contribution is 2.32. The Morgan fingerprint density at radius 1 is 0.977 bits per heavy atom. The monoisotopic (exact) mass is 602 g/mol. The number of anilines is 2. The van der Waals surface area contributed by atoms with Crippen LogP contribution in [0.3, 0.4) is 0 Å². The molecular formula is C35H47FN6O2. The molecule has 4 rings (SSSR count). The highest BCUT2D eigenvalue weighted by atomic mass is 19.1. The van der Waals surface area contributed by atoms with Gasteiger partial charge in [-0.25, -0.2) is 9.37 Å². The maximum atomic E-state index is 14.4. The van der Waals surface area contributed by atoms with E-state index in [4.69, 9.17) is 0 Å². The first kappa shape index (κ1) is 33.2. The van der Waals surface area contributed by atoms with Gasteiger partial charge in [-0.15, -0.1) is 0 Å². The number of rotatable bonds is 14. The van der Waals surface area contributed by atoms with E-state index in [1.54, 1.807) is 11.9 Å². The molecule has 1 heterocycles. The van der Waals surface area contributed by atoms with E-state index in [2.05, 4.69) is 65.4 Å². The van der Waals surface area contributed by atoms with Crippen LogP contribution in [0.2, 0.25) is 0 Å². The average Bonchev–Trinajstić information content (AvgIpc) is 3.05. The zero-order chi connectivity index (χ0) is 31.6. The molecule has 0 spiro atoms. The summed E-state index contributed by atoms with van der Waals surface area (Å²) in [7, 11) is 8.04. The number of nitrogens with one attached hydrogen (secondary N) is 1. The number of amides is 2. The van der Waals surface area contributed by atoms with E-state index in [-0.39, 0.29) is 11.6 Å². The van der Waals surface area contributed by atoms with Crippen molar-refractivity contribution in [2.75, 3.05) is 52.7 Å². The molecule has 2 amide bonds. The highest BCUT2D eigenvalue weighted by Gasteiger charge is 2.31. The van der Waals surface area contributed by atoms with Gasteiger partial charge in [0, 0.05) is 31.4 Å². The van der Waals surface area contributed by atoms with Crippen LogP contribution in [-0.4, -0.2) is 91.9 Å². The van der Waals surface area contributed by atoms with E-state index >= 15 is 0 Å². The fourth-order valence-electron chi connectivity index (χ4n) is 5.92. The molecule has 1 aliphatic rings. The number of aromatic nitrogens is 1. The van der Waals surface area contributed by atoms with E-state index in [0.29, 0.717) is 31.1 Å². The van der Waals surface area contributed by atoms with Crippen LogP contribution in [0.25, 0.3) is 11.1 Å². The van der Waals surface area contributed by atoms with Gasteiger partial charge in [0.05, 0.1) is 11.8 Å². The SMILES string of the molecule is CCN(C)CCCN(C)Cc1ccc(-c2cccc(N(C)c3ncc(F)cc3C(=O)N(C=O)C3CCC(NC)CC3)c2)cc1. The van der Waals surface area contributed by atoms with Crippen LogP contribution in [0.15, 0.2) is 60.8 Å². The Balaban J connectivity index is 1.49. The number of hydrogen-bond acceptors (Lipinski definition) is 7. The molecule has 0 atom stereocenters. The Morgan fingerprint density at radius 3 is 2.34 bits per heavy atom. The highest BCUT2D eigenvalue weighted by molar-refractivity contribution is 6.04. The first-order valence-corrected chi connectivity index (χ1v) is 15.6. The average molecular weight is 603 g/mol. The first-order chi connectivity index (χ1) is 21.2. The fraction of sp³-hybridized carbons (Fsp3) is 0.457. The molecule has 0 bridgehead atoms. The quantitative estimate of drug-likeness (QED) is 0.242. The van der Waals surface area contributed by atoms with Gasteiger partial charge in [0.2, 0.25) is 6.41 Å². The Hall–Kier alpha value is -3.66. The van der Waals surface area contributed by atoms with Crippen molar-refractivity contribution in [3.63, 3.8) is 0 Å². The van der Waals surface area contributed by atoms with E-state index < -0.39 is 11.7 Å². The van der Waals surface area contributed by atoms with Gasteiger partial charge < -0.3 is 20.0 Å². The number of carbonyl (C=O) groups excluding carboxylic acids is 2. The zero-order valence-corrected chi connectivity index (χ0v) is 26.8. The van der Waals surface area contributed by atoms with Crippen molar-refractivity contribution in [1.82, 2.24) is 25.0 Å². The lowest BCUT2D eigenvalue weighted by Gasteiger charge is -2.34. The summed E-state index contributed by atoms with van der Waals surface area (Å²) in [5.74, 6) is -0.855. The minimum atomic E-state index is -0.622. The third kappa shape index (κ3) is 8.49. The molecule has 0 aliphatic heterocycles. The van der Waals surface area contributed by atoms with Crippen LogP contribution in [0.1, 0.15) is 54.9 Å². The topological polar surface area (TPSA) is 72.0 Å². The van der Waals surface area contributed by atoms with Gasteiger partial charge in [0.25, 0.3) is 5.91 Å². The molecule has 236 valence electrons. The van der Waals surface area contributed by atoms with Crippen molar-refractivity contribution in [3.05, 3.63) is 77.7 Å². The number of imide groups is 1. The Kier molecular flexibility index (Phi) is 12.0. The van der Waals surface area contributed by atoms with Crippen molar-refractivity contribution in [1.29, 1.82) is 0 Å². The summed E-state index contributed by atoms with van der Waals surface area (Å²) in [5, 5.41) is 3.27. The minimum Gasteiger partial charge on any atom is -0.329 e. The van der Waals surface area contributed by atoms with Crippen molar-refractivity contribution in [2.24, 2.45) is 0 Å². The standard InChI is InChI=1S/C35H47FN6O2/c1-6-39(3)19-8-20-40(4)24-26-11-13-27(14-12-26)28-9-7-10-32(21-28)41(5)34-33(22-29(36)23-38-34)35(44)42(25-43)31-17-15-30(37-2)16-18-31/h7,9-14,21-23,25,30-31,37H,6,8,15-20,24H2,1-5H3. The molecule has 3 aromatic rings.